The largest absolute Gasteiger partial charge is 0.505 e. The summed E-state index contributed by atoms with van der Waals surface area (Å²) in [6, 6.07) is 1.24. The molecule has 1 aromatic heterocycles. The molecule has 1 fully saturated rings. The highest BCUT2D eigenvalue weighted by atomic mass is 16.5. The molecule has 0 aliphatic carbocycles. The van der Waals surface area contributed by atoms with Gasteiger partial charge in [-0.15, -0.1) is 0 Å². The normalized spacial score (nSPS) is 21.2. The number of rotatable bonds is 5. The highest BCUT2D eigenvalue weighted by Crippen LogP contribution is 2.16. The zero-order valence-corrected chi connectivity index (χ0v) is 12.9. The predicted octanol–water partition coefficient (Wildman–Crippen LogP) is 1.66. The van der Waals surface area contributed by atoms with Crippen LogP contribution >= 0.6 is 0 Å². The molecule has 0 aromatic carbocycles. The van der Waals surface area contributed by atoms with Crippen molar-refractivity contribution in [3.8, 4) is 5.75 Å². The molecule has 0 radical (unpaired) electrons. The Kier molecular flexibility index (Phi) is 5.91. The minimum absolute atomic E-state index is 0.0997. The molecule has 6 nitrogen and oxygen atoms in total. The Morgan fingerprint density at radius 3 is 3.14 bits per heavy atom. The molecule has 0 bridgehead atoms. The summed E-state index contributed by atoms with van der Waals surface area (Å²) in [5.41, 5.74) is 1.39. The van der Waals surface area contributed by atoms with Crippen molar-refractivity contribution >= 4 is 5.91 Å². The Labute approximate surface area is 130 Å². The maximum absolute atomic E-state index is 12.2. The number of aromatic hydroxyl groups is 1. The number of nitrogens with one attached hydrogen (secondary N) is 1. The van der Waals surface area contributed by atoms with Gasteiger partial charge >= 0.3 is 0 Å². The highest BCUT2D eigenvalue weighted by Gasteiger charge is 2.28. The van der Waals surface area contributed by atoms with Crippen LogP contribution in [-0.2, 0) is 9.47 Å². The van der Waals surface area contributed by atoms with Gasteiger partial charge < -0.3 is 19.9 Å². The topological polar surface area (TPSA) is 80.7 Å². The van der Waals surface area contributed by atoms with Crippen molar-refractivity contribution in [2.24, 2.45) is 0 Å². The average Bonchev–Trinajstić information content (AvgIpc) is 2.49. The van der Waals surface area contributed by atoms with E-state index in [9.17, 15) is 9.90 Å². The van der Waals surface area contributed by atoms with Crippen LogP contribution < -0.4 is 5.32 Å². The first-order chi connectivity index (χ1) is 10.6. The minimum Gasteiger partial charge on any atom is -0.505 e. The number of amides is 1. The summed E-state index contributed by atoms with van der Waals surface area (Å²) >= 11 is 0. The Bertz CT molecular complexity index is 541. The lowest BCUT2D eigenvalue weighted by molar-refractivity contribution is -0.0457. The molecule has 6 heteroatoms. The quantitative estimate of drug-likeness (QED) is 0.809. The van der Waals surface area contributed by atoms with Crippen LogP contribution in [0.15, 0.2) is 30.1 Å². The van der Waals surface area contributed by atoms with Crippen LogP contribution in [0.25, 0.3) is 0 Å². The number of ether oxygens (including phenoxy) is 2. The molecule has 120 valence electrons. The molecule has 0 saturated carbocycles. The van der Waals surface area contributed by atoms with Crippen molar-refractivity contribution in [3.63, 3.8) is 0 Å². The Hall–Kier alpha value is -1.92. The number of allylic oxidation sites excluding steroid dienone is 1. The van der Waals surface area contributed by atoms with Gasteiger partial charge in [0.05, 0.1) is 37.1 Å². The first-order valence-corrected chi connectivity index (χ1v) is 7.34. The lowest BCUT2D eigenvalue weighted by Crippen LogP contribution is -2.50. The summed E-state index contributed by atoms with van der Waals surface area (Å²) in [5, 5.41) is 12.6. The summed E-state index contributed by atoms with van der Waals surface area (Å²) in [6.07, 6.45) is 5.34. The second-order valence-corrected chi connectivity index (χ2v) is 5.49. The number of hydrogen-bond donors (Lipinski definition) is 2. The van der Waals surface area contributed by atoms with E-state index in [0.29, 0.717) is 19.8 Å². The summed E-state index contributed by atoms with van der Waals surface area (Å²) in [7, 11) is 0. The van der Waals surface area contributed by atoms with Crippen LogP contribution in [0.4, 0.5) is 0 Å². The lowest BCUT2D eigenvalue weighted by atomic mass is 10.1. The fourth-order valence-corrected chi connectivity index (χ4v) is 2.22. The molecule has 1 aromatic rings. The van der Waals surface area contributed by atoms with Gasteiger partial charge in [0.15, 0.2) is 0 Å². The van der Waals surface area contributed by atoms with Gasteiger partial charge in [-0.1, -0.05) is 11.6 Å². The third-order valence-electron chi connectivity index (χ3n) is 3.46. The van der Waals surface area contributed by atoms with Crippen molar-refractivity contribution in [1.82, 2.24) is 10.3 Å². The molecule has 0 spiro atoms. The van der Waals surface area contributed by atoms with Crippen molar-refractivity contribution < 1.29 is 19.4 Å². The van der Waals surface area contributed by atoms with Crippen LogP contribution in [0.5, 0.6) is 5.75 Å². The molecule has 2 atom stereocenters. The van der Waals surface area contributed by atoms with E-state index >= 15 is 0 Å². The van der Waals surface area contributed by atoms with Gasteiger partial charge in [-0.2, -0.15) is 0 Å². The van der Waals surface area contributed by atoms with Crippen molar-refractivity contribution in [2.75, 3.05) is 19.8 Å². The van der Waals surface area contributed by atoms with Gasteiger partial charge in [-0.05, 0) is 26.3 Å². The molecule has 2 rings (SSSR count). The summed E-state index contributed by atoms with van der Waals surface area (Å²) in [6.45, 7) is 5.56. The number of pyridine rings is 1. The van der Waals surface area contributed by atoms with Crippen LogP contribution in [-0.4, -0.2) is 48.0 Å². The number of nitrogens with zero attached hydrogens (tertiary/aromatic N) is 1. The SMILES string of the molecule is CC(C)=CCO[C@H]1CCOC[C@H]1NC(=O)c1ccncc1O. The maximum atomic E-state index is 12.2. The average molecular weight is 306 g/mol. The maximum Gasteiger partial charge on any atom is 0.255 e. The fourth-order valence-electron chi connectivity index (χ4n) is 2.22. The number of carbonyl (C=O) groups excluding carboxylic acids is 1. The van der Waals surface area contributed by atoms with E-state index in [2.05, 4.69) is 10.3 Å². The van der Waals surface area contributed by atoms with Gasteiger partial charge in [-0.25, -0.2) is 0 Å². The van der Waals surface area contributed by atoms with Crippen LogP contribution in [0.1, 0.15) is 30.6 Å². The molecule has 0 unspecified atom stereocenters. The molecular weight excluding hydrogens is 284 g/mol. The van der Waals surface area contributed by atoms with Gasteiger partial charge in [0.1, 0.15) is 5.75 Å². The summed E-state index contributed by atoms with van der Waals surface area (Å²) < 4.78 is 11.2. The second-order valence-electron chi connectivity index (χ2n) is 5.49. The number of carbonyl (C=O) groups is 1. The summed E-state index contributed by atoms with van der Waals surface area (Å²) in [4.78, 5) is 16.0. The molecular formula is C16H22N2O4. The number of aromatic nitrogens is 1. The molecule has 2 heterocycles. The van der Waals surface area contributed by atoms with Crippen LogP contribution in [0.3, 0.4) is 0 Å². The van der Waals surface area contributed by atoms with E-state index in [0.717, 1.165) is 6.42 Å². The Balaban J connectivity index is 1.97. The third-order valence-corrected chi connectivity index (χ3v) is 3.46. The molecule has 1 aliphatic heterocycles. The fraction of sp³-hybridized carbons (Fsp3) is 0.500. The summed E-state index contributed by atoms with van der Waals surface area (Å²) in [5.74, 6) is -0.495. The van der Waals surface area contributed by atoms with Crippen molar-refractivity contribution in [1.29, 1.82) is 0 Å². The third kappa shape index (κ3) is 4.54. The zero-order chi connectivity index (χ0) is 15.9. The monoisotopic (exact) mass is 306 g/mol. The van der Waals surface area contributed by atoms with E-state index in [1.807, 2.05) is 19.9 Å². The second kappa shape index (κ2) is 7.91. The first kappa shape index (κ1) is 16.5. The minimum atomic E-state index is -0.355. The Morgan fingerprint density at radius 1 is 1.59 bits per heavy atom. The smallest absolute Gasteiger partial charge is 0.255 e. The molecule has 1 saturated heterocycles. The number of hydrogen-bond acceptors (Lipinski definition) is 5. The molecule has 22 heavy (non-hydrogen) atoms. The van der Waals surface area contributed by atoms with Crippen LogP contribution in [0.2, 0.25) is 0 Å². The van der Waals surface area contributed by atoms with E-state index in [4.69, 9.17) is 9.47 Å². The van der Waals surface area contributed by atoms with E-state index in [-0.39, 0.29) is 29.4 Å². The van der Waals surface area contributed by atoms with Crippen molar-refractivity contribution in [3.05, 3.63) is 35.7 Å². The Morgan fingerprint density at radius 2 is 2.41 bits per heavy atom. The standard InChI is InChI=1S/C16H22N2O4/c1-11(2)4-8-22-15-5-7-21-10-13(15)18-16(20)12-3-6-17-9-14(12)19/h3-4,6,9,13,15,19H,5,7-8,10H2,1-2H3,(H,18,20)/t13-,15+/m1/s1. The van der Waals surface area contributed by atoms with Gasteiger partial charge in [-0.3, -0.25) is 9.78 Å². The van der Waals surface area contributed by atoms with E-state index in [1.165, 1.54) is 24.0 Å². The van der Waals surface area contributed by atoms with Crippen LogP contribution in [0, 0.1) is 0 Å². The highest BCUT2D eigenvalue weighted by molar-refractivity contribution is 5.96. The van der Waals surface area contributed by atoms with Gasteiger partial charge in [0, 0.05) is 12.8 Å². The van der Waals surface area contributed by atoms with E-state index in [1.54, 1.807) is 0 Å². The first-order valence-electron chi connectivity index (χ1n) is 7.34. The van der Waals surface area contributed by atoms with E-state index < -0.39 is 0 Å². The molecule has 1 aliphatic rings. The van der Waals surface area contributed by atoms with Gasteiger partial charge in [0.25, 0.3) is 5.91 Å². The van der Waals surface area contributed by atoms with Crippen molar-refractivity contribution in [2.45, 2.75) is 32.4 Å². The zero-order valence-electron chi connectivity index (χ0n) is 12.9. The lowest BCUT2D eigenvalue weighted by Gasteiger charge is -2.31. The predicted molar refractivity (Wildman–Crippen MR) is 81.8 cm³/mol. The van der Waals surface area contributed by atoms with Gasteiger partial charge in [0.2, 0.25) is 0 Å². The molecule has 1 amide bonds. The molecule has 2 N–H and O–H groups in total.